The zero-order chi connectivity index (χ0) is 18.9. The summed E-state index contributed by atoms with van der Waals surface area (Å²) in [5.41, 5.74) is 0.602. The Morgan fingerprint density at radius 2 is 1.96 bits per heavy atom. The molecule has 0 unspecified atom stereocenters. The normalized spacial score (nSPS) is 22.9. The highest BCUT2D eigenvalue weighted by Gasteiger charge is 2.54. The first-order chi connectivity index (χ1) is 12.2. The van der Waals surface area contributed by atoms with Crippen molar-refractivity contribution in [1.29, 1.82) is 0 Å². The van der Waals surface area contributed by atoms with Crippen LogP contribution < -0.4 is 0 Å². The largest absolute Gasteiger partial charge is 0.444 e. The molecular weight excluding hydrogens is 330 g/mol. The average Bonchev–Trinajstić information content (AvgIpc) is 2.86. The van der Waals surface area contributed by atoms with Crippen LogP contribution in [0, 0.1) is 5.41 Å². The molecule has 140 valence electrons. The third-order valence-corrected chi connectivity index (χ3v) is 4.82. The van der Waals surface area contributed by atoms with Crippen molar-refractivity contribution in [3.8, 4) is 0 Å². The summed E-state index contributed by atoms with van der Waals surface area (Å²) < 4.78 is 5.53. The molecule has 1 atom stereocenters. The number of hydrogen-bond acceptors (Lipinski definition) is 4. The molecule has 2 aliphatic rings. The monoisotopic (exact) mass is 357 g/mol. The number of hydrazone groups is 1. The zero-order valence-electron chi connectivity index (χ0n) is 16.0. The van der Waals surface area contributed by atoms with Crippen LogP contribution in [0.15, 0.2) is 35.4 Å². The minimum atomic E-state index is -0.785. The van der Waals surface area contributed by atoms with E-state index >= 15 is 0 Å². The lowest BCUT2D eigenvalue weighted by Gasteiger charge is -2.39. The Morgan fingerprint density at radius 3 is 2.58 bits per heavy atom. The van der Waals surface area contributed by atoms with E-state index in [4.69, 9.17) is 4.74 Å². The van der Waals surface area contributed by atoms with E-state index in [-0.39, 0.29) is 12.0 Å². The fraction of sp³-hybridized carbons (Fsp3) is 0.550. The quantitative estimate of drug-likeness (QED) is 0.835. The van der Waals surface area contributed by atoms with E-state index in [0.29, 0.717) is 32.5 Å². The van der Waals surface area contributed by atoms with Gasteiger partial charge in [0, 0.05) is 26.1 Å². The lowest BCUT2D eigenvalue weighted by Crippen LogP contribution is -2.56. The molecule has 0 spiro atoms. The second kappa shape index (κ2) is 6.74. The van der Waals surface area contributed by atoms with Gasteiger partial charge in [-0.15, -0.1) is 0 Å². The van der Waals surface area contributed by atoms with Crippen LogP contribution >= 0.6 is 0 Å². The predicted molar refractivity (Wildman–Crippen MR) is 99.8 cm³/mol. The van der Waals surface area contributed by atoms with Gasteiger partial charge in [-0.3, -0.25) is 4.79 Å². The average molecular weight is 357 g/mol. The van der Waals surface area contributed by atoms with Crippen molar-refractivity contribution in [3.05, 3.63) is 35.9 Å². The Morgan fingerprint density at radius 1 is 1.27 bits per heavy atom. The van der Waals surface area contributed by atoms with Gasteiger partial charge in [-0.1, -0.05) is 30.3 Å². The number of piperidine rings is 1. The molecule has 1 saturated heterocycles. The zero-order valence-corrected chi connectivity index (χ0v) is 16.0. The fourth-order valence-corrected chi connectivity index (χ4v) is 3.63. The highest BCUT2D eigenvalue weighted by Crippen LogP contribution is 2.38. The molecule has 0 aromatic heterocycles. The van der Waals surface area contributed by atoms with E-state index in [1.165, 1.54) is 5.01 Å². The summed E-state index contributed by atoms with van der Waals surface area (Å²) in [5, 5.41) is 6.11. The lowest BCUT2D eigenvalue weighted by atomic mass is 9.73. The van der Waals surface area contributed by atoms with Crippen LogP contribution in [-0.2, 0) is 16.0 Å². The second-order valence-corrected chi connectivity index (χ2v) is 7.96. The summed E-state index contributed by atoms with van der Waals surface area (Å²) in [5.74, 6) is -0.0212. The predicted octanol–water partition coefficient (Wildman–Crippen LogP) is 3.07. The van der Waals surface area contributed by atoms with Crippen LogP contribution in [0.1, 0.15) is 39.7 Å². The molecule has 0 saturated carbocycles. The highest BCUT2D eigenvalue weighted by molar-refractivity contribution is 6.13. The van der Waals surface area contributed by atoms with E-state index in [2.05, 4.69) is 5.10 Å². The molecule has 1 aromatic rings. The number of benzene rings is 1. The molecule has 26 heavy (non-hydrogen) atoms. The smallest absolute Gasteiger partial charge is 0.410 e. The van der Waals surface area contributed by atoms with Gasteiger partial charge >= 0.3 is 6.09 Å². The molecule has 6 nitrogen and oxygen atoms in total. The van der Waals surface area contributed by atoms with Crippen LogP contribution in [0.3, 0.4) is 0 Å². The number of hydrogen-bond donors (Lipinski definition) is 0. The number of likely N-dealkylation sites (tertiary alicyclic amines) is 1. The SMILES string of the molecule is CCN1N=C2CCN(C(=O)OC(C)(C)C)C[C@]2(Cc2ccccc2)C1=O. The van der Waals surface area contributed by atoms with Crippen molar-refractivity contribution in [2.75, 3.05) is 19.6 Å². The molecule has 0 N–H and O–H groups in total. The maximum absolute atomic E-state index is 13.2. The summed E-state index contributed by atoms with van der Waals surface area (Å²) >= 11 is 0. The summed E-state index contributed by atoms with van der Waals surface area (Å²) in [6.45, 7) is 8.83. The van der Waals surface area contributed by atoms with E-state index in [0.717, 1.165) is 11.3 Å². The molecule has 0 aliphatic carbocycles. The minimum Gasteiger partial charge on any atom is -0.444 e. The van der Waals surface area contributed by atoms with Crippen molar-refractivity contribution in [1.82, 2.24) is 9.91 Å². The van der Waals surface area contributed by atoms with Gasteiger partial charge in [0.2, 0.25) is 0 Å². The topological polar surface area (TPSA) is 62.2 Å². The van der Waals surface area contributed by atoms with Crippen molar-refractivity contribution in [2.24, 2.45) is 10.5 Å². The van der Waals surface area contributed by atoms with Crippen molar-refractivity contribution >= 4 is 17.7 Å². The molecule has 0 bridgehead atoms. The first kappa shape index (κ1) is 18.4. The maximum Gasteiger partial charge on any atom is 0.410 e. The Bertz CT molecular complexity index is 724. The second-order valence-electron chi connectivity index (χ2n) is 7.96. The third-order valence-electron chi connectivity index (χ3n) is 4.82. The van der Waals surface area contributed by atoms with Gasteiger partial charge in [-0.05, 0) is 39.7 Å². The molecular formula is C20H27N3O3. The molecule has 1 fully saturated rings. The molecule has 6 heteroatoms. The van der Waals surface area contributed by atoms with Gasteiger partial charge in [0.15, 0.2) is 0 Å². The summed E-state index contributed by atoms with van der Waals surface area (Å²) in [6, 6.07) is 9.92. The van der Waals surface area contributed by atoms with Crippen LogP contribution in [0.2, 0.25) is 0 Å². The van der Waals surface area contributed by atoms with Crippen LogP contribution in [0.25, 0.3) is 0 Å². The number of rotatable bonds is 3. The first-order valence-corrected chi connectivity index (χ1v) is 9.17. The van der Waals surface area contributed by atoms with Gasteiger partial charge in [-0.2, -0.15) is 5.10 Å². The number of carbonyl (C=O) groups is 2. The Labute approximate surface area is 154 Å². The van der Waals surface area contributed by atoms with Crippen LogP contribution in [-0.4, -0.2) is 52.9 Å². The number of fused-ring (bicyclic) bond motifs is 1. The number of ether oxygens (including phenoxy) is 1. The first-order valence-electron chi connectivity index (χ1n) is 9.17. The Kier molecular flexibility index (Phi) is 4.78. The van der Waals surface area contributed by atoms with Gasteiger partial charge in [0.25, 0.3) is 5.91 Å². The Balaban J connectivity index is 1.90. The van der Waals surface area contributed by atoms with E-state index < -0.39 is 11.0 Å². The summed E-state index contributed by atoms with van der Waals surface area (Å²) in [7, 11) is 0. The lowest BCUT2D eigenvalue weighted by molar-refractivity contribution is -0.137. The number of carbonyl (C=O) groups excluding carboxylic acids is 2. The van der Waals surface area contributed by atoms with Gasteiger partial charge in [0.1, 0.15) is 11.0 Å². The molecule has 2 aliphatic heterocycles. The van der Waals surface area contributed by atoms with E-state index in [9.17, 15) is 9.59 Å². The minimum absolute atomic E-state index is 0.0212. The number of amides is 2. The molecule has 2 heterocycles. The summed E-state index contributed by atoms with van der Waals surface area (Å²) in [4.78, 5) is 27.4. The standard InChI is InChI=1S/C20H27N3O3/c1-5-23-17(24)20(13-15-9-7-6-8-10-15)14-22(12-11-16(20)21-23)18(25)26-19(2,3)4/h6-10H,5,11-14H2,1-4H3/t20-/m0/s1. The maximum atomic E-state index is 13.2. The van der Waals surface area contributed by atoms with Gasteiger partial charge < -0.3 is 9.64 Å². The van der Waals surface area contributed by atoms with Crippen molar-refractivity contribution < 1.29 is 14.3 Å². The highest BCUT2D eigenvalue weighted by atomic mass is 16.6. The van der Waals surface area contributed by atoms with Gasteiger partial charge in [-0.25, -0.2) is 9.80 Å². The fourth-order valence-electron chi connectivity index (χ4n) is 3.63. The summed E-state index contributed by atoms with van der Waals surface area (Å²) in [6.07, 6.45) is 0.766. The molecule has 2 amide bonds. The molecule has 0 radical (unpaired) electrons. The number of nitrogens with zero attached hydrogens (tertiary/aromatic N) is 3. The molecule has 1 aromatic carbocycles. The van der Waals surface area contributed by atoms with Crippen molar-refractivity contribution in [2.45, 2.75) is 46.1 Å². The van der Waals surface area contributed by atoms with Gasteiger partial charge in [0.05, 0.1) is 5.71 Å². The third kappa shape index (κ3) is 3.45. The molecule has 3 rings (SSSR count). The van der Waals surface area contributed by atoms with E-state index in [1.807, 2.05) is 58.0 Å². The van der Waals surface area contributed by atoms with Crippen molar-refractivity contribution in [3.63, 3.8) is 0 Å². The Hall–Kier alpha value is -2.37. The van der Waals surface area contributed by atoms with Crippen LogP contribution in [0.5, 0.6) is 0 Å². The van der Waals surface area contributed by atoms with E-state index in [1.54, 1.807) is 4.90 Å². The van der Waals surface area contributed by atoms with Crippen LogP contribution in [0.4, 0.5) is 4.79 Å².